The summed E-state index contributed by atoms with van der Waals surface area (Å²) in [6.45, 7) is 3.37. The van der Waals surface area contributed by atoms with Gasteiger partial charge in [0, 0.05) is 6.54 Å². The summed E-state index contributed by atoms with van der Waals surface area (Å²) in [7, 11) is 1.62. The molecule has 0 radical (unpaired) electrons. The number of amides is 2. The van der Waals surface area contributed by atoms with Crippen LogP contribution < -0.4 is 19.7 Å². The summed E-state index contributed by atoms with van der Waals surface area (Å²) < 4.78 is 10.9. The van der Waals surface area contributed by atoms with E-state index in [2.05, 4.69) is 12.2 Å². The van der Waals surface area contributed by atoms with Crippen molar-refractivity contribution in [1.29, 1.82) is 0 Å². The molecule has 1 aliphatic heterocycles. The highest BCUT2D eigenvalue weighted by Gasteiger charge is 2.39. The summed E-state index contributed by atoms with van der Waals surface area (Å²) >= 11 is 0. The average Bonchev–Trinajstić information content (AvgIpc) is 3.06. The quantitative estimate of drug-likeness (QED) is 0.447. The minimum Gasteiger partial charge on any atom is -0.497 e. The van der Waals surface area contributed by atoms with Gasteiger partial charge in [0.05, 0.1) is 31.9 Å². The van der Waals surface area contributed by atoms with Crippen molar-refractivity contribution in [2.45, 2.75) is 51.6 Å². The van der Waals surface area contributed by atoms with E-state index < -0.39 is 6.04 Å². The van der Waals surface area contributed by atoms with E-state index in [-0.39, 0.29) is 18.2 Å². The summed E-state index contributed by atoms with van der Waals surface area (Å²) in [6.07, 6.45) is 4.76. The van der Waals surface area contributed by atoms with Crippen LogP contribution in [0.1, 0.15) is 44.6 Å². The van der Waals surface area contributed by atoms with Gasteiger partial charge in [0.2, 0.25) is 5.91 Å². The molecule has 2 amide bonds. The SMILES string of the molecule is CCCCCCOc1ccc(N2C(=O)C[C@@H](NCc3ccc(OC)cc3)C2=O)cc1. The molecule has 1 aliphatic rings. The fraction of sp³-hybridized carbons (Fsp3) is 0.417. The van der Waals surface area contributed by atoms with E-state index in [1.807, 2.05) is 36.4 Å². The molecule has 160 valence electrons. The van der Waals surface area contributed by atoms with Crippen LogP contribution in [0.4, 0.5) is 5.69 Å². The van der Waals surface area contributed by atoms with Crippen LogP contribution in [0.3, 0.4) is 0 Å². The Labute approximate surface area is 178 Å². The second-order valence-electron chi connectivity index (χ2n) is 7.46. The fourth-order valence-corrected chi connectivity index (χ4v) is 3.46. The van der Waals surface area contributed by atoms with Crippen molar-refractivity contribution in [2.75, 3.05) is 18.6 Å². The summed E-state index contributed by atoms with van der Waals surface area (Å²) in [5.74, 6) is 1.12. The maximum atomic E-state index is 12.8. The van der Waals surface area contributed by atoms with Gasteiger partial charge in [-0.3, -0.25) is 9.59 Å². The highest BCUT2D eigenvalue weighted by atomic mass is 16.5. The zero-order valence-electron chi connectivity index (χ0n) is 17.7. The molecule has 0 unspecified atom stereocenters. The Morgan fingerprint density at radius 3 is 2.33 bits per heavy atom. The molecule has 1 fully saturated rings. The van der Waals surface area contributed by atoms with Crippen LogP contribution in [0.2, 0.25) is 0 Å². The van der Waals surface area contributed by atoms with Crippen molar-refractivity contribution in [3.63, 3.8) is 0 Å². The van der Waals surface area contributed by atoms with E-state index in [9.17, 15) is 9.59 Å². The molecule has 0 bridgehead atoms. The van der Waals surface area contributed by atoms with Crippen LogP contribution in [-0.2, 0) is 16.1 Å². The van der Waals surface area contributed by atoms with Gasteiger partial charge in [-0.25, -0.2) is 4.90 Å². The van der Waals surface area contributed by atoms with E-state index in [1.165, 1.54) is 17.7 Å². The predicted molar refractivity (Wildman–Crippen MR) is 117 cm³/mol. The van der Waals surface area contributed by atoms with Gasteiger partial charge in [0.25, 0.3) is 5.91 Å². The Morgan fingerprint density at radius 1 is 0.967 bits per heavy atom. The number of carbonyl (C=O) groups is 2. The van der Waals surface area contributed by atoms with Crippen LogP contribution >= 0.6 is 0 Å². The highest BCUT2D eigenvalue weighted by molar-refractivity contribution is 6.22. The second-order valence-corrected chi connectivity index (χ2v) is 7.46. The number of nitrogens with one attached hydrogen (secondary N) is 1. The Bertz CT molecular complexity index is 833. The average molecular weight is 411 g/mol. The van der Waals surface area contributed by atoms with Crippen molar-refractivity contribution in [3.8, 4) is 11.5 Å². The minimum absolute atomic E-state index is 0.157. The van der Waals surface area contributed by atoms with Gasteiger partial charge in [-0.1, -0.05) is 38.3 Å². The lowest BCUT2D eigenvalue weighted by Crippen LogP contribution is -2.38. The van der Waals surface area contributed by atoms with Crippen molar-refractivity contribution in [3.05, 3.63) is 54.1 Å². The molecule has 0 spiro atoms. The summed E-state index contributed by atoms with van der Waals surface area (Å²) in [5, 5.41) is 3.19. The monoisotopic (exact) mass is 410 g/mol. The van der Waals surface area contributed by atoms with E-state index in [4.69, 9.17) is 9.47 Å². The number of nitrogens with zero attached hydrogens (tertiary/aromatic N) is 1. The van der Waals surface area contributed by atoms with Crippen LogP contribution in [0.15, 0.2) is 48.5 Å². The predicted octanol–water partition coefficient (Wildman–Crippen LogP) is 4.08. The lowest BCUT2D eigenvalue weighted by atomic mass is 10.2. The van der Waals surface area contributed by atoms with E-state index >= 15 is 0 Å². The van der Waals surface area contributed by atoms with Crippen molar-refractivity contribution in [1.82, 2.24) is 5.32 Å². The third-order valence-corrected chi connectivity index (χ3v) is 5.22. The Morgan fingerprint density at radius 2 is 1.67 bits per heavy atom. The maximum Gasteiger partial charge on any atom is 0.251 e. The number of hydrogen-bond donors (Lipinski definition) is 1. The number of ether oxygens (including phenoxy) is 2. The lowest BCUT2D eigenvalue weighted by Gasteiger charge is -2.16. The largest absolute Gasteiger partial charge is 0.497 e. The van der Waals surface area contributed by atoms with E-state index in [0.29, 0.717) is 18.8 Å². The van der Waals surface area contributed by atoms with Gasteiger partial charge in [0.15, 0.2) is 0 Å². The van der Waals surface area contributed by atoms with E-state index in [1.54, 1.807) is 19.2 Å². The molecule has 0 saturated carbocycles. The summed E-state index contributed by atoms with van der Waals surface area (Å²) in [6, 6.07) is 14.3. The molecule has 0 aromatic heterocycles. The molecule has 30 heavy (non-hydrogen) atoms. The number of methoxy groups -OCH3 is 1. The first-order valence-corrected chi connectivity index (χ1v) is 10.6. The molecule has 6 heteroatoms. The third-order valence-electron chi connectivity index (χ3n) is 5.22. The number of unbranched alkanes of at least 4 members (excludes halogenated alkanes) is 3. The molecule has 3 rings (SSSR count). The van der Waals surface area contributed by atoms with Gasteiger partial charge in [-0.2, -0.15) is 0 Å². The smallest absolute Gasteiger partial charge is 0.251 e. The molecule has 1 atom stereocenters. The third kappa shape index (κ3) is 5.60. The summed E-state index contributed by atoms with van der Waals surface area (Å²) in [5.41, 5.74) is 1.60. The first-order chi connectivity index (χ1) is 14.6. The van der Waals surface area contributed by atoms with Crippen LogP contribution in [0.25, 0.3) is 0 Å². The lowest BCUT2D eigenvalue weighted by molar-refractivity contribution is -0.121. The van der Waals surface area contributed by atoms with Crippen molar-refractivity contribution >= 4 is 17.5 Å². The van der Waals surface area contributed by atoms with Gasteiger partial charge in [-0.15, -0.1) is 0 Å². The number of carbonyl (C=O) groups excluding carboxylic acids is 2. The van der Waals surface area contributed by atoms with Gasteiger partial charge < -0.3 is 14.8 Å². The molecular weight excluding hydrogens is 380 g/mol. The topological polar surface area (TPSA) is 67.9 Å². The molecule has 1 N–H and O–H groups in total. The molecule has 6 nitrogen and oxygen atoms in total. The number of anilines is 1. The molecule has 2 aromatic carbocycles. The molecular formula is C24H30N2O4. The van der Waals surface area contributed by atoms with E-state index in [0.717, 1.165) is 29.9 Å². The van der Waals surface area contributed by atoms with Gasteiger partial charge in [0.1, 0.15) is 11.5 Å². The Hall–Kier alpha value is -2.86. The fourth-order valence-electron chi connectivity index (χ4n) is 3.46. The Balaban J connectivity index is 1.53. The molecule has 2 aromatic rings. The van der Waals surface area contributed by atoms with Crippen molar-refractivity contribution in [2.24, 2.45) is 0 Å². The standard InChI is InChI=1S/C24H30N2O4/c1-3-4-5-6-15-30-21-13-9-19(10-14-21)26-23(27)16-22(24(26)28)25-17-18-7-11-20(29-2)12-8-18/h7-14,22,25H,3-6,15-17H2,1-2H3/t22-/m1/s1. The number of rotatable bonds is 11. The van der Waals surface area contributed by atoms with Crippen LogP contribution in [0, 0.1) is 0 Å². The first-order valence-electron chi connectivity index (χ1n) is 10.6. The highest BCUT2D eigenvalue weighted by Crippen LogP contribution is 2.25. The van der Waals surface area contributed by atoms with Crippen molar-refractivity contribution < 1.29 is 19.1 Å². The molecule has 0 aliphatic carbocycles. The Kier molecular flexibility index (Phi) is 7.85. The van der Waals surface area contributed by atoms with Gasteiger partial charge >= 0.3 is 0 Å². The van der Waals surface area contributed by atoms with Crippen LogP contribution in [-0.4, -0.2) is 31.6 Å². The normalized spacial score (nSPS) is 16.2. The zero-order valence-corrected chi connectivity index (χ0v) is 17.7. The number of benzene rings is 2. The molecule has 1 saturated heterocycles. The van der Waals surface area contributed by atoms with Gasteiger partial charge in [-0.05, 0) is 48.4 Å². The second kappa shape index (κ2) is 10.8. The minimum atomic E-state index is -0.519. The number of imide groups is 1. The molecule has 1 heterocycles. The number of hydrogen-bond acceptors (Lipinski definition) is 5. The zero-order chi connectivity index (χ0) is 21.3. The summed E-state index contributed by atoms with van der Waals surface area (Å²) in [4.78, 5) is 26.5. The maximum absolute atomic E-state index is 12.8. The first kappa shape index (κ1) is 21.8. The van der Waals surface area contributed by atoms with Crippen LogP contribution in [0.5, 0.6) is 11.5 Å².